The van der Waals surface area contributed by atoms with Gasteiger partial charge in [-0.25, -0.2) is 8.42 Å². The molecule has 3 saturated heterocycles. The van der Waals surface area contributed by atoms with Crippen LogP contribution >= 0.6 is 11.8 Å². The quantitative estimate of drug-likeness (QED) is 0.612. The number of carbonyl (C=O) groups excluding carboxylic acids is 1. The smallest absolute Gasteiger partial charge is 0.243 e. The second kappa shape index (κ2) is 10.1. The topological polar surface area (TPSA) is 76.2 Å². The Morgan fingerprint density at radius 2 is 1.94 bits per heavy atom. The minimum absolute atomic E-state index is 0.116. The van der Waals surface area contributed by atoms with Crippen LogP contribution in [0.5, 0.6) is 5.75 Å². The van der Waals surface area contributed by atoms with Gasteiger partial charge in [-0.15, -0.1) is 0 Å². The predicted octanol–water partition coefficient (Wildman–Crippen LogP) is 2.61. The number of amides is 1. The molecule has 0 spiro atoms. The highest BCUT2D eigenvalue weighted by molar-refractivity contribution is 7.99. The molecule has 1 amide bonds. The van der Waals surface area contributed by atoms with Gasteiger partial charge in [0.15, 0.2) is 0 Å². The van der Waals surface area contributed by atoms with Gasteiger partial charge in [0.1, 0.15) is 5.75 Å². The highest BCUT2D eigenvalue weighted by atomic mass is 32.2. The fourth-order valence-electron chi connectivity index (χ4n) is 4.67. The molecule has 3 heterocycles. The summed E-state index contributed by atoms with van der Waals surface area (Å²) >= 11 is 1.91. The van der Waals surface area contributed by atoms with Gasteiger partial charge < -0.3 is 14.4 Å². The Morgan fingerprint density at radius 3 is 2.52 bits per heavy atom. The van der Waals surface area contributed by atoms with Crippen LogP contribution in [-0.2, 0) is 19.6 Å². The second-order valence-corrected chi connectivity index (χ2v) is 11.6. The molecular formula is C22H32N2O5S2. The standard InChI is InChI=1S/C22H32N2O5S2/c1-28-19-4-6-21(7-5-19)31(26,27)23-11-8-17(9-12-23)22(25)24(18-10-14-30-16-18)15-20-3-2-13-29-20/h4-7,17-18,20H,2-3,8-16H2,1H3. The molecule has 3 fully saturated rings. The fraction of sp³-hybridized carbons (Fsp3) is 0.682. The first kappa shape index (κ1) is 22.9. The molecule has 172 valence electrons. The van der Waals surface area contributed by atoms with Gasteiger partial charge >= 0.3 is 0 Å². The van der Waals surface area contributed by atoms with E-state index in [1.807, 2.05) is 11.8 Å². The number of methoxy groups -OCH3 is 1. The van der Waals surface area contributed by atoms with Gasteiger partial charge in [0.25, 0.3) is 0 Å². The minimum atomic E-state index is -3.56. The van der Waals surface area contributed by atoms with Crippen LogP contribution in [0.25, 0.3) is 0 Å². The Bertz CT molecular complexity index is 841. The second-order valence-electron chi connectivity index (χ2n) is 8.50. The number of carbonyl (C=O) groups is 1. The van der Waals surface area contributed by atoms with Crippen molar-refractivity contribution in [2.75, 3.05) is 44.9 Å². The Labute approximate surface area is 189 Å². The molecule has 9 heteroatoms. The van der Waals surface area contributed by atoms with E-state index in [0.29, 0.717) is 38.2 Å². The highest BCUT2D eigenvalue weighted by Gasteiger charge is 2.37. The van der Waals surface area contributed by atoms with Gasteiger partial charge in [0.2, 0.25) is 15.9 Å². The number of thioether (sulfide) groups is 1. The van der Waals surface area contributed by atoms with Gasteiger partial charge in [-0.3, -0.25) is 4.79 Å². The van der Waals surface area contributed by atoms with Gasteiger partial charge in [0.05, 0.1) is 18.1 Å². The number of benzene rings is 1. The first-order chi connectivity index (χ1) is 15.0. The Kier molecular flexibility index (Phi) is 7.46. The summed E-state index contributed by atoms with van der Waals surface area (Å²) in [5.41, 5.74) is 0. The SMILES string of the molecule is COc1ccc(S(=O)(=O)N2CCC(C(=O)N(CC3CCCO3)C3CCSC3)CC2)cc1. The van der Waals surface area contributed by atoms with E-state index < -0.39 is 10.0 Å². The van der Waals surface area contributed by atoms with E-state index in [9.17, 15) is 13.2 Å². The van der Waals surface area contributed by atoms with Crippen LogP contribution in [0.2, 0.25) is 0 Å². The van der Waals surface area contributed by atoms with Gasteiger partial charge in [-0.05, 0) is 62.1 Å². The summed E-state index contributed by atoms with van der Waals surface area (Å²) in [6, 6.07) is 6.75. The zero-order valence-electron chi connectivity index (χ0n) is 18.1. The molecule has 4 rings (SSSR count). The van der Waals surface area contributed by atoms with Crippen molar-refractivity contribution >= 4 is 27.7 Å². The maximum absolute atomic E-state index is 13.4. The number of ether oxygens (including phenoxy) is 2. The van der Waals surface area contributed by atoms with Crippen LogP contribution in [0.3, 0.4) is 0 Å². The van der Waals surface area contributed by atoms with Gasteiger partial charge in [-0.1, -0.05) is 0 Å². The third kappa shape index (κ3) is 5.21. The molecule has 0 aromatic heterocycles. The zero-order chi connectivity index (χ0) is 21.8. The average molecular weight is 469 g/mol. The van der Waals surface area contributed by atoms with Crippen molar-refractivity contribution in [3.05, 3.63) is 24.3 Å². The van der Waals surface area contributed by atoms with Crippen molar-refractivity contribution in [3.8, 4) is 5.75 Å². The average Bonchev–Trinajstić information content (AvgIpc) is 3.51. The summed E-state index contributed by atoms with van der Waals surface area (Å²) in [4.78, 5) is 15.8. The highest BCUT2D eigenvalue weighted by Crippen LogP contribution is 2.30. The molecule has 0 N–H and O–H groups in total. The summed E-state index contributed by atoms with van der Waals surface area (Å²) in [6.07, 6.45) is 4.39. The van der Waals surface area contributed by atoms with E-state index in [4.69, 9.17) is 9.47 Å². The number of hydrogen-bond acceptors (Lipinski definition) is 6. The lowest BCUT2D eigenvalue weighted by atomic mass is 9.95. The summed E-state index contributed by atoms with van der Waals surface area (Å²) in [6.45, 7) is 2.21. The molecule has 2 unspecified atom stereocenters. The molecule has 0 bridgehead atoms. The fourth-order valence-corrected chi connectivity index (χ4v) is 7.36. The Hall–Kier alpha value is -1.29. The number of sulfonamides is 1. The number of rotatable bonds is 7. The molecule has 3 aliphatic rings. The monoisotopic (exact) mass is 468 g/mol. The lowest BCUT2D eigenvalue weighted by Gasteiger charge is -2.37. The van der Waals surface area contributed by atoms with Crippen LogP contribution < -0.4 is 4.74 Å². The molecular weight excluding hydrogens is 436 g/mol. The van der Waals surface area contributed by atoms with Crippen molar-refractivity contribution in [2.24, 2.45) is 5.92 Å². The van der Waals surface area contributed by atoms with Gasteiger partial charge in [0, 0.05) is 44.0 Å². The number of hydrogen-bond donors (Lipinski definition) is 0. The van der Waals surface area contributed by atoms with Crippen molar-refractivity contribution in [2.45, 2.75) is 49.1 Å². The molecule has 0 saturated carbocycles. The summed E-state index contributed by atoms with van der Waals surface area (Å²) < 4.78 is 38.5. The largest absolute Gasteiger partial charge is 0.497 e. The van der Waals surface area contributed by atoms with E-state index in [1.54, 1.807) is 31.4 Å². The molecule has 31 heavy (non-hydrogen) atoms. The molecule has 7 nitrogen and oxygen atoms in total. The first-order valence-electron chi connectivity index (χ1n) is 11.1. The van der Waals surface area contributed by atoms with Crippen molar-refractivity contribution in [1.82, 2.24) is 9.21 Å². The maximum atomic E-state index is 13.4. The van der Waals surface area contributed by atoms with Crippen molar-refractivity contribution in [1.29, 1.82) is 0 Å². The Morgan fingerprint density at radius 1 is 1.19 bits per heavy atom. The molecule has 3 aliphatic heterocycles. The van der Waals surface area contributed by atoms with Crippen molar-refractivity contribution < 1.29 is 22.7 Å². The molecule has 0 radical (unpaired) electrons. The van der Waals surface area contributed by atoms with Crippen LogP contribution in [0.1, 0.15) is 32.1 Å². The number of nitrogens with zero attached hydrogens (tertiary/aromatic N) is 2. The molecule has 0 aliphatic carbocycles. The zero-order valence-corrected chi connectivity index (χ0v) is 19.7. The minimum Gasteiger partial charge on any atom is -0.497 e. The van der Waals surface area contributed by atoms with Crippen LogP contribution in [0.4, 0.5) is 0 Å². The lowest BCUT2D eigenvalue weighted by Crippen LogP contribution is -2.50. The number of piperidine rings is 1. The summed E-state index contributed by atoms with van der Waals surface area (Å²) in [7, 11) is -2.01. The van der Waals surface area contributed by atoms with E-state index in [0.717, 1.165) is 37.4 Å². The molecule has 1 aromatic carbocycles. The van der Waals surface area contributed by atoms with Crippen LogP contribution in [0.15, 0.2) is 29.2 Å². The Balaban J connectivity index is 1.39. The van der Waals surface area contributed by atoms with E-state index >= 15 is 0 Å². The van der Waals surface area contributed by atoms with Crippen molar-refractivity contribution in [3.63, 3.8) is 0 Å². The maximum Gasteiger partial charge on any atom is 0.243 e. The summed E-state index contributed by atoms with van der Waals surface area (Å²) in [5.74, 6) is 2.78. The van der Waals surface area contributed by atoms with E-state index in [1.165, 1.54) is 4.31 Å². The van der Waals surface area contributed by atoms with Gasteiger partial charge in [-0.2, -0.15) is 16.1 Å². The van der Waals surface area contributed by atoms with E-state index in [2.05, 4.69) is 4.90 Å². The van der Waals surface area contributed by atoms with E-state index in [-0.39, 0.29) is 28.9 Å². The van der Waals surface area contributed by atoms with Crippen LogP contribution in [0, 0.1) is 5.92 Å². The summed E-state index contributed by atoms with van der Waals surface area (Å²) in [5, 5.41) is 0. The first-order valence-corrected chi connectivity index (χ1v) is 13.7. The third-order valence-corrected chi connectivity index (χ3v) is 9.61. The van der Waals surface area contributed by atoms with Crippen LogP contribution in [-0.4, -0.2) is 80.5 Å². The molecule has 2 atom stereocenters. The normalized spacial score (nSPS) is 25.6. The molecule has 1 aromatic rings. The third-order valence-electron chi connectivity index (χ3n) is 6.55. The predicted molar refractivity (Wildman–Crippen MR) is 121 cm³/mol. The lowest BCUT2D eigenvalue weighted by molar-refractivity contribution is -0.140.